The molecular weight excluding hydrogens is 218 g/mol. The Morgan fingerprint density at radius 2 is 1.75 bits per heavy atom. The Bertz CT molecular complexity index is 299. The van der Waals surface area contributed by atoms with Gasteiger partial charge in [-0.25, -0.2) is 0 Å². The van der Waals surface area contributed by atoms with Crippen molar-refractivity contribution < 1.29 is 4.74 Å². The Morgan fingerprint density at radius 3 is 2.19 bits per heavy atom. The first kappa shape index (κ1) is 12.3. The van der Waals surface area contributed by atoms with Crippen molar-refractivity contribution in [3.8, 4) is 6.07 Å². The minimum Gasteiger partial charge on any atom is -0.381 e. The molecule has 0 N–H and O–H groups in total. The van der Waals surface area contributed by atoms with Gasteiger partial charge in [0.05, 0.1) is 6.07 Å². The van der Waals surface area contributed by atoms with Crippen molar-refractivity contribution >= 4 is 11.8 Å². The van der Waals surface area contributed by atoms with Gasteiger partial charge in [-0.15, -0.1) is 11.8 Å². The highest BCUT2D eigenvalue weighted by molar-refractivity contribution is 8.02. The van der Waals surface area contributed by atoms with Gasteiger partial charge in [-0.05, 0) is 31.1 Å². The van der Waals surface area contributed by atoms with Gasteiger partial charge in [-0.1, -0.05) is 20.8 Å². The molecule has 2 rings (SSSR count). The van der Waals surface area contributed by atoms with Gasteiger partial charge >= 0.3 is 0 Å². The molecule has 16 heavy (non-hydrogen) atoms. The number of nitrogens with zero attached hydrogens (tertiary/aromatic N) is 1. The number of thioether (sulfide) groups is 1. The maximum atomic E-state index is 9.41. The third-order valence-corrected chi connectivity index (χ3v) is 4.96. The summed E-state index contributed by atoms with van der Waals surface area (Å²) in [6, 6.07) is 2.57. The van der Waals surface area contributed by atoms with E-state index < -0.39 is 0 Å². The van der Waals surface area contributed by atoms with Crippen LogP contribution in [0.25, 0.3) is 0 Å². The summed E-state index contributed by atoms with van der Waals surface area (Å²) >= 11 is 1.86. The van der Waals surface area contributed by atoms with Crippen molar-refractivity contribution in [2.45, 2.75) is 55.9 Å². The van der Waals surface area contributed by atoms with Crippen LogP contribution in [0, 0.1) is 16.7 Å². The Morgan fingerprint density at radius 1 is 1.19 bits per heavy atom. The van der Waals surface area contributed by atoms with Gasteiger partial charge in [0.25, 0.3) is 0 Å². The Hall–Kier alpha value is -0.200. The monoisotopic (exact) mass is 239 g/mol. The third kappa shape index (κ3) is 2.38. The van der Waals surface area contributed by atoms with E-state index in [0.29, 0.717) is 5.41 Å². The molecule has 0 aromatic heterocycles. The van der Waals surface area contributed by atoms with E-state index in [2.05, 4.69) is 26.8 Å². The van der Waals surface area contributed by atoms with Gasteiger partial charge < -0.3 is 4.74 Å². The van der Waals surface area contributed by atoms with Crippen LogP contribution in [-0.2, 0) is 4.74 Å². The maximum Gasteiger partial charge on any atom is 0.104 e. The van der Waals surface area contributed by atoms with Crippen LogP contribution in [-0.4, -0.2) is 22.7 Å². The molecule has 1 saturated carbocycles. The van der Waals surface area contributed by atoms with E-state index in [-0.39, 0.29) is 9.49 Å². The lowest BCUT2D eigenvalue weighted by molar-refractivity contribution is -0.0365. The molecule has 2 nitrogen and oxygen atoms in total. The molecule has 1 saturated heterocycles. The largest absolute Gasteiger partial charge is 0.381 e. The zero-order chi connectivity index (χ0) is 11.9. The average Bonchev–Trinajstić information content (AvgIpc) is 2.14. The van der Waals surface area contributed by atoms with E-state index in [1.807, 2.05) is 11.8 Å². The predicted octanol–water partition coefficient (Wildman–Crippen LogP) is 3.37. The minimum atomic E-state index is -0.115. The van der Waals surface area contributed by atoms with Crippen LogP contribution in [0.5, 0.6) is 0 Å². The van der Waals surface area contributed by atoms with Crippen LogP contribution in [0.15, 0.2) is 0 Å². The predicted molar refractivity (Wildman–Crippen MR) is 67.4 cm³/mol. The maximum absolute atomic E-state index is 9.41. The van der Waals surface area contributed by atoms with Crippen LogP contribution < -0.4 is 0 Å². The first-order valence-electron chi connectivity index (χ1n) is 6.08. The first-order valence-corrected chi connectivity index (χ1v) is 6.90. The average molecular weight is 239 g/mol. The quantitative estimate of drug-likeness (QED) is 0.703. The summed E-state index contributed by atoms with van der Waals surface area (Å²) in [6.45, 7) is 8.38. The first-order chi connectivity index (χ1) is 7.39. The zero-order valence-corrected chi connectivity index (χ0v) is 11.3. The molecule has 0 radical (unpaired) electrons. The highest BCUT2D eigenvalue weighted by Gasteiger charge is 2.56. The molecule has 1 heterocycles. The molecule has 0 bridgehead atoms. The molecule has 0 amide bonds. The number of hydrogen-bond donors (Lipinski definition) is 0. The Balaban J connectivity index is 1.99. The summed E-state index contributed by atoms with van der Waals surface area (Å²) in [5, 5.41) is 9.41. The third-order valence-electron chi connectivity index (χ3n) is 3.58. The van der Waals surface area contributed by atoms with Gasteiger partial charge in [-0.2, -0.15) is 5.26 Å². The standard InChI is InChI=1S/C13H21NOS/c1-11(2,3)16-13(10-14)8-12(9-13)4-6-15-7-5-12/h4-9H2,1-3H3. The van der Waals surface area contributed by atoms with Crippen molar-refractivity contribution in [2.75, 3.05) is 13.2 Å². The number of nitriles is 1. The van der Waals surface area contributed by atoms with E-state index in [1.165, 1.54) is 0 Å². The second-order valence-corrected chi connectivity index (χ2v) is 8.50. The van der Waals surface area contributed by atoms with Gasteiger partial charge in [0.2, 0.25) is 0 Å². The van der Waals surface area contributed by atoms with Gasteiger partial charge in [0.1, 0.15) is 4.75 Å². The summed E-state index contributed by atoms with van der Waals surface area (Å²) < 4.78 is 5.48. The molecule has 90 valence electrons. The Labute approximate surface area is 103 Å². The number of hydrogen-bond acceptors (Lipinski definition) is 3. The number of rotatable bonds is 1. The molecule has 1 spiro atoms. The topological polar surface area (TPSA) is 33.0 Å². The summed E-state index contributed by atoms with van der Waals surface area (Å²) in [5.41, 5.74) is 0.437. The SMILES string of the molecule is CC(C)(C)SC1(C#N)CC2(CCOCC2)C1. The van der Waals surface area contributed by atoms with Crippen LogP contribution in [0.3, 0.4) is 0 Å². The summed E-state index contributed by atoms with van der Waals surface area (Å²) in [5.74, 6) is 0. The van der Waals surface area contributed by atoms with Crippen molar-refractivity contribution in [3.05, 3.63) is 0 Å². The van der Waals surface area contributed by atoms with Gasteiger partial charge in [0, 0.05) is 18.0 Å². The fourth-order valence-corrected chi connectivity index (χ4v) is 5.05. The van der Waals surface area contributed by atoms with Crippen LogP contribution in [0.4, 0.5) is 0 Å². The molecule has 0 aromatic rings. The molecule has 0 aromatic carbocycles. The molecule has 1 aliphatic heterocycles. The van der Waals surface area contributed by atoms with E-state index in [0.717, 1.165) is 38.9 Å². The lowest BCUT2D eigenvalue weighted by Gasteiger charge is -2.55. The zero-order valence-electron chi connectivity index (χ0n) is 10.5. The van der Waals surface area contributed by atoms with E-state index in [1.54, 1.807) is 0 Å². The lowest BCUT2D eigenvalue weighted by Crippen LogP contribution is -2.52. The second kappa shape index (κ2) is 3.92. The van der Waals surface area contributed by atoms with Crippen molar-refractivity contribution in [1.82, 2.24) is 0 Å². The minimum absolute atomic E-state index is 0.115. The van der Waals surface area contributed by atoms with Gasteiger partial charge in [-0.3, -0.25) is 0 Å². The molecule has 0 atom stereocenters. The highest BCUT2D eigenvalue weighted by Crippen LogP contribution is 2.61. The van der Waals surface area contributed by atoms with Crippen molar-refractivity contribution in [3.63, 3.8) is 0 Å². The van der Waals surface area contributed by atoms with Gasteiger partial charge in [0.15, 0.2) is 0 Å². The van der Waals surface area contributed by atoms with Crippen LogP contribution >= 0.6 is 11.8 Å². The number of ether oxygens (including phenoxy) is 1. The fraction of sp³-hybridized carbons (Fsp3) is 0.923. The fourth-order valence-electron chi connectivity index (χ4n) is 3.08. The molecule has 2 fully saturated rings. The molecule has 3 heteroatoms. The van der Waals surface area contributed by atoms with E-state index in [9.17, 15) is 5.26 Å². The van der Waals surface area contributed by atoms with Crippen LogP contribution in [0.2, 0.25) is 0 Å². The van der Waals surface area contributed by atoms with Crippen LogP contribution in [0.1, 0.15) is 46.5 Å². The van der Waals surface area contributed by atoms with E-state index in [4.69, 9.17) is 4.74 Å². The summed E-state index contributed by atoms with van der Waals surface area (Å²) in [4.78, 5) is 0. The van der Waals surface area contributed by atoms with E-state index >= 15 is 0 Å². The smallest absolute Gasteiger partial charge is 0.104 e. The molecule has 2 aliphatic rings. The molecule has 0 unspecified atom stereocenters. The molecule has 1 aliphatic carbocycles. The highest BCUT2D eigenvalue weighted by atomic mass is 32.2. The Kier molecular flexibility index (Phi) is 3.01. The van der Waals surface area contributed by atoms with Crippen molar-refractivity contribution in [1.29, 1.82) is 5.26 Å². The van der Waals surface area contributed by atoms with Crippen molar-refractivity contribution in [2.24, 2.45) is 5.41 Å². The molecular formula is C13H21NOS. The normalized spacial score (nSPS) is 27.1. The summed E-state index contributed by atoms with van der Waals surface area (Å²) in [6.07, 6.45) is 4.45. The lowest BCUT2D eigenvalue weighted by atomic mass is 9.58. The second-order valence-electron chi connectivity index (χ2n) is 6.29. The summed E-state index contributed by atoms with van der Waals surface area (Å²) in [7, 11) is 0.